The van der Waals surface area contributed by atoms with E-state index in [-0.39, 0.29) is 36.8 Å². The summed E-state index contributed by atoms with van der Waals surface area (Å²) in [6.07, 6.45) is 6.42. The molecule has 7 N–H and O–H groups in total. The van der Waals surface area contributed by atoms with Crippen molar-refractivity contribution in [1.82, 2.24) is 30.9 Å². The molecule has 65 heavy (non-hydrogen) atoms. The molecule has 17 heteroatoms. The predicted molar refractivity (Wildman–Crippen MR) is 238 cm³/mol. The number of fused-ring (bicyclic) bond motifs is 12. The molecule has 0 spiro atoms. The predicted octanol–water partition coefficient (Wildman–Crippen LogP) is 3.80. The number of amides is 3. The standard InChI is InChI=1S/C48H64N6O11/c1-29-21-35-22-30(2)43(29)64-20-7-6-17-36(50-46(60)34-16-10-19-63-28-34)33-15-8-11-31(23-33)12-9-18-48(47(61)62)24-38(55)41(44(65-48)42(58)39(56)25-49-45(35)59)51-40(57)27-54-26-37(52-53-54)32-13-4-3-5-14-32/h8-9,11-12,15,21-23,26,32,34,36,38-39,41-42,44,55-56,58H,3-7,10,13-14,16-20,24-25,27-28H2,1-2H3,(H,49,59)(H,50,60)(H,51,57)(H,61,62)/b12-9+/t34?,36-,38-,39+,41+,42+,44+,48+/m0/s1. The van der Waals surface area contributed by atoms with Crippen LogP contribution >= 0.6 is 0 Å². The van der Waals surface area contributed by atoms with Crippen molar-refractivity contribution < 1.29 is 53.8 Å². The maximum Gasteiger partial charge on any atom is 0.336 e. The van der Waals surface area contributed by atoms with Gasteiger partial charge < -0.3 is 50.6 Å². The van der Waals surface area contributed by atoms with Crippen molar-refractivity contribution in [1.29, 1.82) is 0 Å². The Morgan fingerprint density at radius 1 is 0.923 bits per heavy atom. The van der Waals surface area contributed by atoms with Crippen LogP contribution in [0.25, 0.3) is 6.08 Å². The Balaban J connectivity index is 1.16. The van der Waals surface area contributed by atoms with E-state index in [9.17, 15) is 39.6 Å². The number of carbonyl (C=O) groups excluding carboxylic acids is 3. The largest absolute Gasteiger partial charge is 0.493 e. The van der Waals surface area contributed by atoms with E-state index in [1.807, 2.05) is 38.1 Å². The number of hydrogen-bond acceptors (Lipinski definition) is 12. The number of aryl methyl sites for hydroxylation is 2. The first-order chi connectivity index (χ1) is 31.3. The van der Waals surface area contributed by atoms with E-state index in [2.05, 4.69) is 26.3 Å². The number of carboxylic acid groups (broad SMARTS) is 1. The summed E-state index contributed by atoms with van der Waals surface area (Å²) in [5, 5.41) is 62.6. The van der Waals surface area contributed by atoms with Gasteiger partial charge in [0.1, 0.15) is 24.5 Å². The summed E-state index contributed by atoms with van der Waals surface area (Å²) in [6.45, 7) is 4.32. The van der Waals surface area contributed by atoms with Gasteiger partial charge in [-0.3, -0.25) is 14.4 Å². The fourth-order valence-corrected chi connectivity index (χ4v) is 9.63. The monoisotopic (exact) mass is 900 g/mol. The summed E-state index contributed by atoms with van der Waals surface area (Å²) < 4.78 is 19.5. The number of carboxylic acids is 1. The van der Waals surface area contributed by atoms with Crippen molar-refractivity contribution in [2.45, 2.75) is 145 Å². The molecule has 3 fully saturated rings. The number of benzene rings is 2. The lowest BCUT2D eigenvalue weighted by molar-refractivity contribution is -0.226. The van der Waals surface area contributed by atoms with Crippen molar-refractivity contribution in [2.24, 2.45) is 5.92 Å². The molecule has 3 amide bonds. The molecule has 352 valence electrons. The molecule has 8 atom stereocenters. The van der Waals surface area contributed by atoms with Crippen LogP contribution < -0.4 is 20.7 Å². The molecule has 4 aliphatic heterocycles. The topological polar surface area (TPSA) is 244 Å². The van der Waals surface area contributed by atoms with Crippen molar-refractivity contribution in [3.05, 3.63) is 82.2 Å². The third kappa shape index (κ3) is 12.0. The molecule has 1 unspecified atom stereocenters. The number of aliphatic carboxylic acids is 1. The van der Waals surface area contributed by atoms with E-state index >= 15 is 0 Å². The minimum absolute atomic E-state index is 0.0784. The van der Waals surface area contributed by atoms with Crippen molar-refractivity contribution in [3.8, 4) is 5.75 Å². The van der Waals surface area contributed by atoms with Crippen LogP contribution in [0.1, 0.15) is 127 Å². The number of rotatable bonds is 7. The molecule has 2 saturated heterocycles. The van der Waals surface area contributed by atoms with Gasteiger partial charge in [-0.05, 0) is 99.2 Å². The zero-order valence-electron chi connectivity index (χ0n) is 37.3. The highest BCUT2D eigenvalue weighted by molar-refractivity contribution is 5.95. The van der Waals surface area contributed by atoms with Crippen molar-refractivity contribution in [3.63, 3.8) is 0 Å². The molecule has 3 aromatic rings. The van der Waals surface area contributed by atoms with Gasteiger partial charge in [-0.1, -0.05) is 54.8 Å². The molecule has 8 rings (SSSR count). The first-order valence-corrected chi connectivity index (χ1v) is 23.1. The highest BCUT2D eigenvalue weighted by Crippen LogP contribution is 2.36. The molecule has 5 aliphatic rings. The number of aliphatic hydroxyl groups is 3. The number of nitrogens with one attached hydrogen (secondary N) is 3. The lowest BCUT2D eigenvalue weighted by atomic mass is 9.81. The van der Waals surface area contributed by atoms with Crippen LogP contribution in [0.3, 0.4) is 0 Å². The van der Waals surface area contributed by atoms with Gasteiger partial charge in [0.05, 0.1) is 49.1 Å². The van der Waals surface area contributed by atoms with Gasteiger partial charge in [0, 0.05) is 43.7 Å². The Hall–Kier alpha value is -5.20. The van der Waals surface area contributed by atoms with E-state index in [1.165, 1.54) is 11.1 Å². The number of carbonyl (C=O) groups is 4. The smallest absolute Gasteiger partial charge is 0.336 e. The van der Waals surface area contributed by atoms with Gasteiger partial charge in [-0.2, -0.15) is 0 Å². The van der Waals surface area contributed by atoms with Gasteiger partial charge >= 0.3 is 5.97 Å². The summed E-state index contributed by atoms with van der Waals surface area (Å²) >= 11 is 0. The molecule has 6 bridgehead atoms. The Labute approximate surface area is 379 Å². The third-order valence-electron chi connectivity index (χ3n) is 13.2. The molecule has 2 aromatic carbocycles. The Bertz CT molecular complexity index is 2140. The molecule has 1 aromatic heterocycles. The maximum atomic E-state index is 13.6. The highest BCUT2D eigenvalue weighted by Gasteiger charge is 2.54. The summed E-state index contributed by atoms with van der Waals surface area (Å²) in [4.78, 5) is 53.7. The van der Waals surface area contributed by atoms with Gasteiger partial charge in [-0.25, -0.2) is 9.48 Å². The highest BCUT2D eigenvalue weighted by atomic mass is 16.6. The zero-order chi connectivity index (χ0) is 46.1. The summed E-state index contributed by atoms with van der Waals surface area (Å²) in [5.74, 6) is -2.01. The van der Waals surface area contributed by atoms with Crippen LogP contribution in [-0.2, 0) is 30.4 Å². The molecule has 0 radical (unpaired) electrons. The molecule has 1 aliphatic carbocycles. The summed E-state index contributed by atoms with van der Waals surface area (Å²) in [6, 6.07) is 9.21. The number of aliphatic hydroxyl groups excluding tert-OH is 3. The van der Waals surface area contributed by atoms with Gasteiger partial charge in [0.25, 0.3) is 5.91 Å². The molecule has 1 saturated carbocycles. The lowest BCUT2D eigenvalue weighted by Crippen LogP contribution is -2.67. The molecular weight excluding hydrogens is 837 g/mol. The van der Waals surface area contributed by atoms with Gasteiger partial charge in [0.15, 0.2) is 5.60 Å². The molecule has 5 heterocycles. The fraction of sp³-hybridized carbons (Fsp3) is 0.583. The zero-order valence-corrected chi connectivity index (χ0v) is 37.3. The van der Waals surface area contributed by atoms with Crippen LogP contribution in [0.2, 0.25) is 0 Å². The first-order valence-electron chi connectivity index (χ1n) is 23.1. The molecular formula is C48H64N6O11. The Morgan fingerprint density at radius 3 is 2.43 bits per heavy atom. The summed E-state index contributed by atoms with van der Waals surface area (Å²) in [5.41, 5.74) is 2.01. The van der Waals surface area contributed by atoms with Crippen LogP contribution in [0, 0.1) is 19.8 Å². The van der Waals surface area contributed by atoms with E-state index in [4.69, 9.17) is 14.2 Å². The van der Waals surface area contributed by atoms with Crippen molar-refractivity contribution >= 4 is 29.8 Å². The van der Waals surface area contributed by atoms with Crippen LogP contribution in [0.5, 0.6) is 5.75 Å². The second kappa shape index (κ2) is 21.9. The van der Waals surface area contributed by atoms with E-state index < -0.39 is 66.8 Å². The van der Waals surface area contributed by atoms with E-state index in [0.717, 1.165) is 72.9 Å². The van der Waals surface area contributed by atoms with Gasteiger partial charge in [-0.15, -0.1) is 5.10 Å². The van der Waals surface area contributed by atoms with Crippen LogP contribution in [0.4, 0.5) is 0 Å². The van der Waals surface area contributed by atoms with Crippen LogP contribution in [-0.4, -0.2) is 122 Å². The Kier molecular flexibility index (Phi) is 16.1. The fourth-order valence-electron chi connectivity index (χ4n) is 9.63. The number of nitrogens with zero attached hydrogens (tertiary/aromatic N) is 3. The minimum Gasteiger partial charge on any atom is -0.493 e. The SMILES string of the molecule is Cc1cc2cc(C)c1OCCCC[C@H](NC(=O)C1CCCOC1)c1cccc(c1)/C=C/C[C@]1(C(=O)O)C[C@H](O)[C@@H](NC(=O)Cn3cc(C4CCCCC4)nn3)[C@@H](O1)[C@H](O)[C@H](O)CNC2=O. The quantitative estimate of drug-likeness (QED) is 0.179. The van der Waals surface area contributed by atoms with Crippen LogP contribution in [0.15, 0.2) is 48.7 Å². The number of hydrogen-bond donors (Lipinski definition) is 7. The minimum atomic E-state index is -2.10. The molecule has 17 nitrogen and oxygen atoms in total. The normalized spacial score (nSPS) is 29.1. The van der Waals surface area contributed by atoms with E-state index in [1.54, 1.807) is 30.5 Å². The average molecular weight is 901 g/mol. The first kappa shape index (κ1) is 47.8. The maximum absolute atomic E-state index is 13.6. The summed E-state index contributed by atoms with van der Waals surface area (Å²) in [7, 11) is 0. The second-order valence-electron chi connectivity index (χ2n) is 18.2. The third-order valence-corrected chi connectivity index (χ3v) is 13.2. The second-order valence-corrected chi connectivity index (χ2v) is 18.2. The van der Waals surface area contributed by atoms with Crippen molar-refractivity contribution in [2.75, 3.05) is 26.4 Å². The lowest BCUT2D eigenvalue weighted by Gasteiger charge is -2.47. The average Bonchev–Trinajstić information content (AvgIpc) is 3.77. The number of aromatic nitrogens is 3. The van der Waals surface area contributed by atoms with E-state index in [0.29, 0.717) is 44.0 Å². The van der Waals surface area contributed by atoms with Gasteiger partial charge in [0.2, 0.25) is 11.8 Å². The number of ether oxygens (including phenoxy) is 3. The Morgan fingerprint density at radius 2 is 1.69 bits per heavy atom.